The molecule has 0 aliphatic carbocycles. The van der Waals surface area contributed by atoms with Crippen molar-refractivity contribution in [2.75, 3.05) is 13.7 Å². The van der Waals surface area contributed by atoms with Crippen LogP contribution in [0.25, 0.3) is 0 Å². The summed E-state index contributed by atoms with van der Waals surface area (Å²) in [4.78, 5) is 24.3. The van der Waals surface area contributed by atoms with E-state index in [1.165, 1.54) is 31.4 Å². The first-order chi connectivity index (χ1) is 13.8. The maximum atomic E-state index is 12.3. The molecule has 0 unspecified atom stereocenters. The molecular weight excluding hydrogens is 394 g/mol. The van der Waals surface area contributed by atoms with Gasteiger partial charge in [-0.3, -0.25) is 20.4 Å². The summed E-state index contributed by atoms with van der Waals surface area (Å²) in [6, 6.07) is 12.0. The maximum absolute atomic E-state index is 12.3. The van der Waals surface area contributed by atoms with Gasteiger partial charge in [0.2, 0.25) is 10.0 Å². The topological polar surface area (TPSA) is 114 Å². The number of methoxy groups -OCH3 is 1. The molecule has 0 bridgehead atoms. The van der Waals surface area contributed by atoms with E-state index in [2.05, 4.69) is 15.6 Å². The predicted molar refractivity (Wildman–Crippen MR) is 109 cm³/mol. The van der Waals surface area contributed by atoms with Crippen molar-refractivity contribution in [3.8, 4) is 0 Å². The van der Waals surface area contributed by atoms with Gasteiger partial charge in [0.1, 0.15) is 0 Å². The van der Waals surface area contributed by atoms with Crippen LogP contribution in [0.2, 0.25) is 0 Å². The second-order valence-electron chi connectivity index (χ2n) is 6.46. The minimum Gasteiger partial charge on any atom is -0.383 e. The number of carbonyl (C=O) groups is 2. The van der Waals surface area contributed by atoms with Gasteiger partial charge in [0.05, 0.1) is 11.5 Å². The molecule has 2 aromatic carbocycles. The second kappa shape index (κ2) is 10.1. The maximum Gasteiger partial charge on any atom is 0.269 e. The molecule has 0 fully saturated rings. The molecule has 2 amide bonds. The molecular formula is C20H25N3O5S. The van der Waals surface area contributed by atoms with Crippen molar-refractivity contribution in [1.82, 2.24) is 15.6 Å². The zero-order chi connectivity index (χ0) is 21.4. The van der Waals surface area contributed by atoms with Crippen molar-refractivity contribution in [2.45, 2.75) is 31.2 Å². The standard InChI is InChI=1S/C20H25N3O5S/c1-4-15-5-7-16(8-6-15)19(24)21-22-20(25)17-9-11-18(12-10-17)29(26,27)23-14(2)13-28-3/h5-12,14,23H,4,13H2,1-3H3,(H,21,24)(H,22,25)/t14-/m1/s1. The van der Waals surface area contributed by atoms with Crippen LogP contribution < -0.4 is 15.6 Å². The van der Waals surface area contributed by atoms with E-state index >= 15 is 0 Å². The van der Waals surface area contributed by atoms with Crippen molar-refractivity contribution in [3.63, 3.8) is 0 Å². The van der Waals surface area contributed by atoms with Crippen LogP contribution in [0, 0.1) is 0 Å². The van der Waals surface area contributed by atoms with Crippen LogP contribution in [0.4, 0.5) is 0 Å². The van der Waals surface area contributed by atoms with E-state index in [1.807, 2.05) is 19.1 Å². The van der Waals surface area contributed by atoms with Crippen LogP contribution in [0.5, 0.6) is 0 Å². The highest BCUT2D eigenvalue weighted by molar-refractivity contribution is 7.89. The monoisotopic (exact) mass is 419 g/mol. The van der Waals surface area contributed by atoms with Gasteiger partial charge in [0.15, 0.2) is 0 Å². The summed E-state index contributed by atoms with van der Waals surface area (Å²) in [6.45, 7) is 3.93. The molecule has 8 nitrogen and oxygen atoms in total. The van der Waals surface area contributed by atoms with Crippen molar-refractivity contribution >= 4 is 21.8 Å². The molecule has 0 aromatic heterocycles. The van der Waals surface area contributed by atoms with Crippen molar-refractivity contribution in [2.24, 2.45) is 0 Å². The number of benzene rings is 2. The highest BCUT2D eigenvalue weighted by Crippen LogP contribution is 2.11. The summed E-state index contributed by atoms with van der Waals surface area (Å²) in [5.74, 6) is -1.01. The van der Waals surface area contributed by atoms with E-state index in [0.29, 0.717) is 5.56 Å². The van der Waals surface area contributed by atoms with Crippen LogP contribution in [-0.4, -0.2) is 40.0 Å². The highest BCUT2D eigenvalue weighted by atomic mass is 32.2. The number of carbonyl (C=O) groups excluding carboxylic acids is 2. The molecule has 0 spiro atoms. The third kappa shape index (κ3) is 6.38. The Morgan fingerprint density at radius 3 is 1.86 bits per heavy atom. The summed E-state index contributed by atoms with van der Waals surface area (Å²) >= 11 is 0. The number of amides is 2. The number of nitrogens with one attached hydrogen (secondary N) is 3. The molecule has 0 saturated heterocycles. The number of aryl methyl sites for hydroxylation is 1. The lowest BCUT2D eigenvalue weighted by Crippen LogP contribution is -2.41. The molecule has 156 valence electrons. The summed E-state index contributed by atoms with van der Waals surface area (Å²) in [5, 5.41) is 0. The lowest BCUT2D eigenvalue weighted by Gasteiger charge is -2.13. The third-order valence-electron chi connectivity index (χ3n) is 4.11. The van der Waals surface area contributed by atoms with E-state index in [-0.39, 0.29) is 17.1 Å². The fraction of sp³-hybridized carbons (Fsp3) is 0.300. The Morgan fingerprint density at radius 2 is 1.41 bits per heavy atom. The van der Waals surface area contributed by atoms with Gasteiger partial charge in [0, 0.05) is 24.3 Å². The molecule has 29 heavy (non-hydrogen) atoms. The van der Waals surface area contributed by atoms with Crippen molar-refractivity contribution in [1.29, 1.82) is 0 Å². The fourth-order valence-electron chi connectivity index (χ4n) is 2.55. The van der Waals surface area contributed by atoms with Gasteiger partial charge in [0.25, 0.3) is 11.8 Å². The third-order valence-corrected chi connectivity index (χ3v) is 5.72. The fourth-order valence-corrected chi connectivity index (χ4v) is 3.78. The quantitative estimate of drug-likeness (QED) is 0.563. The first-order valence-electron chi connectivity index (χ1n) is 9.07. The van der Waals surface area contributed by atoms with Gasteiger partial charge in [-0.05, 0) is 55.3 Å². The van der Waals surface area contributed by atoms with Crippen molar-refractivity contribution in [3.05, 3.63) is 65.2 Å². The molecule has 9 heteroatoms. The first-order valence-corrected chi connectivity index (χ1v) is 10.6. The average molecular weight is 420 g/mol. The Labute approximate surface area is 170 Å². The van der Waals surface area contributed by atoms with Crippen LogP contribution in [0.1, 0.15) is 40.1 Å². The molecule has 0 aliphatic rings. The Hall–Kier alpha value is -2.75. The highest BCUT2D eigenvalue weighted by Gasteiger charge is 2.18. The lowest BCUT2D eigenvalue weighted by molar-refractivity contribution is 0.0846. The lowest BCUT2D eigenvalue weighted by atomic mass is 10.1. The van der Waals surface area contributed by atoms with Gasteiger partial charge in [-0.2, -0.15) is 0 Å². The Bertz CT molecular complexity index is 941. The van der Waals surface area contributed by atoms with Crippen LogP contribution in [-0.2, 0) is 21.2 Å². The Balaban J connectivity index is 1.96. The summed E-state index contributed by atoms with van der Waals surface area (Å²) in [7, 11) is -2.24. The van der Waals surface area contributed by atoms with Crippen LogP contribution in [0.15, 0.2) is 53.4 Å². The van der Waals surface area contributed by atoms with Gasteiger partial charge in [-0.15, -0.1) is 0 Å². The number of rotatable bonds is 8. The second-order valence-corrected chi connectivity index (χ2v) is 8.17. The number of hydrazine groups is 1. The zero-order valence-electron chi connectivity index (χ0n) is 16.6. The summed E-state index contributed by atoms with van der Waals surface area (Å²) in [5.41, 5.74) is 6.37. The molecule has 3 N–H and O–H groups in total. The smallest absolute Gasteiger partial charge is 0.269 e. The summed E-state index contributed by atoms with van der Waals surface area (Å²) in [6.07, 6.45) is 0.866. The number of hydrogen-bond donors (Lipinski definition) is 3. The van der Waals surface area contributed by atoms with Crippen molar-refractivity contribution < 1.29 is 22.7 Å². The van der Waals surface area contributed by atoms with Gasteiger partial charge < -0.3 is 4.74 Å². The van der Waals surface area contributed by atoms with E-state index in [1.54, 1.807) is 19.1 Å². The minimum absolute atomic E-state index is 0.0250. The molecule has 0 heterocycles. The summed E-state index contributed by atoms with van der Waals surface area (Å²) < 4.78 is 32.0. The first kappa shape index (κ1) is 22.5. The predicted octanol–water partition coefficient (Wildman–Crippen LogP) is 1.64. The Morgan fingerprint density at radius 1 is 0.931 bits per heavy atom. The number of sulfonamides is 1. The molecule has 0 saturated carbocycles. The molecule has 1 atom stereocenters. The molecule has 2 rings (SSSR count). The van der Waals surface area contributed by atoms with E-state index in [4.69, 9.17) is 4.74 Å². The minimum atomic E-state index is -3.72. The van der Waals surface area contributed by atoms with Crippen LogP contribution in [0.3, 0.4) is 0 Å². The van der Waals surface area contributed by atoms with Gasteiger partial charge in [-0.25, -0.2) is 13.1 Å². The van der Waals surface area contributed by atoms with Crippen LogP contribution >= 0.6 is 0 Å². The van der Waals surface area contributed by atoms with Gasteiger partial charge in [-0.1, -0.05) is 19.1 Å². The van der Waals surface area contributed by atoms with Gasteiger partial charge >= 0.3 is 0 Å². The van der Waals surface area contributed by atoms with E-state index in [9.17, 15) is 18.0 Å². The SMILES string of the molecule is CCc1ccc(C(=O)NNC(=O)c2ccc(S(=O)(=O)N[C@H](C)COC)cc2)cc1. The number of ether oxygens (including phenoxy) is 1. The molecule has 2 aromatic rings. The molecule has 0 aliphatic heterocycles. The van der Waals surface area contributed by atoms with E-state index in [0.717, 1.165) is 12.0 Å². The Kier molecular flexibility index (Phi) is 7.89. The number of hydrogen-bond acceptors (Lipinski definition) is 5. The van der Waals surface area contributed by atoms with E-state index < -0.39 is 27.9 Å². The largest absolute Gasteiger partial charge is 0.383 e. The molecule has 0 radical (unpaired) electrons. The average Bonchev–Trinajstić information content (AvgIpc) is 2.71. The zero-order valence-corrected chi connectivity index (χ0v) is 17.4. The normalized spacial score (nSPS) is 12.2.